The molecule has 0 aromatic heterocycles. The van der Waals surface area contributed by atoms with Gasteiger partial charge in [0.05, 0.1) is 5.70 Å². The SMILES string of the molecule is O=C1C2=C(C(=O)C1c1ccccc1)C(c1cccc(Cl)c1)c1cc3c(cc1N2)OCO3. The standard InChI is InChI=1S/C25H16ClNO4/c26-15-8-4-7-14(9-15)20-16-10-18-19(31-12-30-18)11-17(16)27-23-22(20)24(28)21(25(23)29)13-5-2-1-3-6-13/h1-11,20-21,27H,12H2. The maximum atomic E-state index is 13.7. The Labute approximate surface area is 183 Å². The molecular weight excluding hydrogens is 414 g/mol. The Bertz CT molecular complexity index is 1300. The lowest BCUT2D eigenvalue weighted by molar-refractivity contribution is -0.123. The molecule has 2 unspecified atom stereocenters. The minimum absolute atomic E-state index is 0.140. The van der Waals surface area contributed by atoms with E-state index in [1.54, 1.807) is 6.07 Å². The minimum Gasteiger partial charge on any atom is -0.454 e. The summed E-state index contributed by atoms with van der Waals surface area (Å²) < 4.78 is 11.1. The third kappa shape index (κ3) is 2.70. The van der Waals surface area contributed by atoms with Crippen LogP contribution in [0.25, 0.3) is 0 Å². The average molecular weight is 430 g/mol. The van der Waals surface area contributed by atoms with E-state index in [-0.39, 0.29) is 18.4 Å². The highest BCUT2D eigenvalue weighted by Gasteiger charge is 2.48. The Hall–Kier alpha value is -3.57. The first kappa shape index (κ1) is 18.2. The van der Waals surface area contributed by atoms with Crippen molar-refractivity contribution >= 4 is 28.9 Å². The molecule has 2 atom stereocenters. The summed E-state index contributed by atoms with van der Waals surface area (Å²) in [6.45, 7) is 0.140. The number of hydrogen-bond donors (Lipinski definition) is 1. The molecule has 6 heteroatoms. The van der Waals surface area contributed by atoms with Gasteiger partial charge in [0.1, 0.15) is 5.92 Å². The summed E-state index contributed by atoms with van der Waals surface area (Å²) in [6, 6.07) is 20.3. The lowest BCUT2D eigenvalue weighted by Gasteiger charge is -2.28. The highest BCUT2D eigenvalue weighted by molar-refractivity contribution is 6.31. The second-order valence-corrected chi connectivity index (χ2v) is 8.20. The van der Waals surface area contributed by atoms with Crippen LogP contribution in [0, 0.1) is 0 Å². The number of fused-ring (bicyclic) bond motifs is 2. The van der Waals surface area contributed by atoms with Crippen molar-refractivity contribution in [2.45, 2.75) is 11.8 Å². The van der Waals surface area contributed by atoms with E-state index in [1.807, 2.05) is 60.7 Å². The van der Waals surface area contributed by atoms with Crippen molar-refractivity contribution in [2.24, 2.45) is 0 Å². The van der Waals surface area contributed by atoms with E-state index >= 15 is 0 Å². The maximum absolute atomic E-state index is 13.7. The number of anilines is 1. The molecule has 152 valence electrons. The van der Waals surface area contributed by atoms with Crippen LogP contribution in [0.1, 0.15) is 28.5 Å². The minimum atomic E-state index is -0.853. The molecule has 3 aromatic rings. The number of carbonyl (C=O) groups is 2. The Morgan fingerprint density at radius 3 is 2.32 bits per heavy atom. The van der Waals surface area contributed by atoms with E-state index in [4.69, 9.17) is 21.1 Å². The fraction of sp³-hybridized carbons (Fsp3) is 0.120. The van der Waals surface area contributed by atoms with Crippen molar-refractivity contribution in [3.8, 4) is 11.5 Å². The molecule has 0 saturated carbocycles. The molecule has 0 bridgehead atoms. The second kappa shape index (κ2) is 6.72. The first-order chi connectivity index (χ1) is 15.1. The van der Waals surface area contributed by atoms with Crippen LogP contribution in [0.5, 0.6) is 11.5 Å². The number of ketones is 2. The van der Waals surface area contributed by atoms with Gasteiger partial charge in [-0.05, 0) is 34.9 Å². The van der Waals surface area contributed by atoms with Gasteiger partial charge in [0.15, 0.2) is 23.1 Å². The van der Waals surface area contributed by atoms with E-state index in [2.05, 4.69) is 5.32 Å². The Kier molecular flexibility index (Phi) is 3.95. The highest BCUT2D eigenvalue weighted by atomic mass is 35.5. The largest absolute Gasteiger partial charge is 0.454 e. The Morgan fingerprint density at radius 1 is 0.806 bits per heavy atom. The number of carbonyl (C=O) groups excluding carboxylic acids is 2. The van der Waals surface area contributed by atoms with Crippen LogP contribution in [0.2, 0.25) is 5.02 Å². The van der Waals surface area contributed by atoms with E-state index < -0.39 is 11.8 Å². The number of nitrogens with one attached hydrogen (secondary N) is 1. The number of allylic oxidation sites excluding steroid dienone is 2. The molecule has 0 radical (unpaired) electrons. The molecule has 2 aliphatic heterocycles. The molecule has 0 saturated heterocycles. The molecular formula is C25H16ClNO4. The average Bonchev–Trinajstić information content (AvgIpc) is 3.33. The van der Waals surface area contributed by atoms with E-state index in [1.165, 1.54) is 0 Å². The van der Waals surface area contributed by atoms with Gasteiger partial charge in [-0.1, -0.05) is 54.1 Å². The van der Waals surface area contributed by atoms with Gasteiger partial charge in [-0.25, -0.2) is 0 Å². The Balaban J connectivity index is 1.56. The van der Waals surface area contributed by atoms with Crippen LogP contribution in [0.3, 0.4) is 0 Å². The first-order valence-corrected chi connectivity index (χ1v) is 10.3. The molecule has 0 spiro atoms. The van der Waals surface area contributed by atoms with Crippen LogP contribution >= 0.6 is 11.6 Å². The third-order valence-electron chi connectivity index (χ3n) is 6.02. The van der Waals surface area contributed by atoms with E-state index in [9.17, 15) is 9.59 Å². The Morgan fingerprint density at radius 2 is 1.55 bits per heavy atom. The molecule has 1 N–H and O–H groups in total. The fourth-order valence-corrected chi connectivity index (χ4v) is 4.86. The molecule has 3 aromatic carbocycles. The summed E-state index contributed by atoms with van der Waals surface area (Å²) in [5.41, 5.74) is 3.92. The molecule has 0 amide bonds. The molecule has 5 nitrogen and oxygen atoms in total. The maximum Gasteiger partial charge on any atom is 0.231 e. The highest BCUT2D eigenvalue weighted by Crippen LogP contribution is 2.51. The number of benzene rings is 3. The van der Waals surface area contributed by atoms with Crippen molar-refractivity contribution in [3.63, 3.8) is 0 Å². The van der Waals surface area contributed by atoms with E-state index in [0.29, 0.717) is 33.4 Å². The van der Waals surface area contributed by atoms with Gasteiger partial charge in [0, 0.05) is 28.3 Å². The summed E-state index contributed by atoms with van der Waals surface area (Å²) >= 11 is 6.29. The van der Waals surface area contributed by atoms with Crippen molar-refractivity contribution in [3.05, 3.63) is 99.7 Å². The van der Waals surface area contributed by atoms with Crippen LogP contribution in [0.15, 0.2) is 78.0 Å². The van der Waals surface area contributed by atoms with Crippen LogP contribution in [-0.4, -0.2) is 18.4 Å². The third-order valence-corrected chi connectivity index (χ3v) is 6.26. The van der Waals surface area contributed by atoms with E-state index in [0.717, 1.165) is 16.8 Å². The predicted molar refractivity (Wildman–Crippen MR) is 116 cm³/mol. The fourth-order valence-electron chi connectivity index (χ4n) is 4.67. The first-order valence-electron chi connectivity index (χ1n) is 9.95. The summed E-state index contributed by atoms with van der Waals surface area (Å²) in [5, 5.41) is 3.79. The summed E-state index contributed by atoms with van der Waals surface area (Å²) in [7, 11) is 0. The zero-order valence-corrected chi connectivity index (χ0v) is 17.0. The summed E-state index contributed by atoms with van der Waals surface area (Å²) in [5.74, 6) is -0.475. The summed E-state index contributed by atoms with van der Waals surface area (Å²) in [4.78, 5) is 27.1. The molecule has 6 rings (SSSR count). The van der Waals surface area contributed by atoms with Crippen LogP contribution in [-0.2, 0) is 9.59 Å². The van der Waals surface area contributed by atoms with Gasteiger partial charge in [0.2, 0.25) is 6.79 Å². The number of rotatable bonds is 2. The predicted octanol–water partition coefficient (Wildman–Crippen LogP) is 4.82. The lowest BCUT2D eigenvalue weighted by Crippen LogP contribution is -2.20. The van der Waals surface area contributed by atoms with Gasteiger partial charge in [-0.2, -0.15) is 0 Å². The lowest BCUT2D eigenvalue weighted by atomic mass is 9.79. The molecule has 2 heterocycles. The van der Waals surface area contributed by atoms with Crippen molar-refractivity contribution in [1.29, 1.82) is 0 Å². The van der Waals surface area contributed by atoms with Gasteiger partial charge >= 0.3 is 0 Å². The zero-order chi connectivity index (χ0) is 21.1. The van der Waals surface area contributed by atoms with Crippen LogP contribution < -0.4 is 14.8 Å². The monoisotopic (exact) mass is 429 g/mol. The summed E-state index contributed by atoms with van der Waals surface area (Å²) in [6.07, 6.45) is 0. The number of hydrogen-bond acceptors (Lipinski definition) is 5. The smallest absolute Gasteiger partial charge is 0.231 e. The molecule has 3 aliphatic rings. The van der Waals surface area contributed by atoms with Crippen molar-refractivity contribution in [2.75, 3.05) is 12.1 Å². The number of ether oxygens (including phenoxy) is 2. The quantitative estimate of drug-likeness (QED) is 0.592. The van der Waals surface area contributed by atoms with Crippen molar-refractivity contribution < 1.29 is 19.1 Å². The topological polar surface area (TPSA) is 64.6 Å². The second-order valence-electron chi connectivity index (χ2n) is 7.77. The van der Waals surface area contributed by atoms with Gasteiger partial charge in [-0.3, -0.25) is 9.59 Å². The zero-order valence-electron chi connectivity index (χ0n) is 16.2. The van der Waals surface area contributed by atoms with Crippen molar-refractivity contribution in [1.82, 2.24) is 0 Å². The number of halogens is 1. The van der Waals surface area contributed by atoms with Gasteiger partial charge in [-0.15, -0.1) is 0 Å². The molecule has 31 heavy (non-hydrogen) atoms. The van der Waals surface area contributed by atoms with Gasteiger partial charge in [0.25, 0.3) is 0 Å². The molecule has 1 aliphatic carbocycles. The molecule has 0 fully saturated rings. The normalized spacial score (nSPS) is 21.1. The van der Waals surface area contributed by atoms with Gasteiger partial charge < -0.3 is 14.8 Å². The number of Topliss-reactive ketones (excluding diaryl/α,β-unsaturated/α-hetero) is 2. The van der Waals surface area contributed by atoms with Crippen LogP contribution in [0.4, 0.5) is 5.69 Å².